The van der Waals surface area contributed by atoms with E-state index < -0.39 is 6.04 Å². The molecule has 5 rings (SSSR count). The van der Waals surface area contributed by atoms with Crippen LogP contribution in [0, 0.1) is 6.92 Å². The molecule has 1 aliphatic carbocycles. The molecule has 0 radical (unpaired) electrons. The molecule has 2 N–H and O–H groups in total. The van der Waals surface area contributed by atoms with Crippen LogP contribution in [0.5, 0.6) is 0 Å². The number of amides is 2. The highest BCUT2D eigenvalue weighted by atomic mass is 16.2. The van der Waals surface area contributed by atoms with Crippen LogP contribution in [0.2, 0.25) is 0 Å². The predicted molar refractivity (Wildman–Crippen MR) is 147 cm³/mol. The van der Waals surface area contributed by atoms with E-state index >= 15 is 0 Å². The van der Waals surface area contributed by atoms with Gasteiger partial charge < -0.3 is 20.1 Å². The van der Waals surface area contributed by atoms with Crippen molar-refractivity contribution in [1.29, 1.82) is 0 Å². The van der Waals surface area contributed by atoms with Crippen molar-refractivity contribution >= 4 is 11.8 Å². The molecule has 2 fully saturated rings. The number of aromatic nitrogens is 1. The average molecular weight is 499 g/mol. The molecule has 0 spiro atoms. The number of likely N-dealkylation sites (tertiary alicyclic amines) is 1. The van der Waals surface area contributed by atoms with Crippen LogP contribution in [0.25, 0.3) is 5.69 Å². The third-order valence-electron chi connectivity index (χ3n) is 7.68. The van der Waals surface area contributed by atoms with Crippen LogP contribution in [-0.2, 0) is 4.79 Å². The number of piperidine rings is 1. The molecular weight excluding hydrogens is 460 g/mol. The summed E-state index contributed by atoms with van der Waals surface area (Å²) in [4.78, 5) is 28.4. The summed E-state index contributed by atoms with van der Waals surface area (Å²) in [5.74, 6) is 0.450. The quantitative estimate of drug-likeness (QED) is 0.394. The van der Waals surface area contributed by atoms with E-state index in [1.54, 1.807) is 0 Å². The van der Waals surface area contributed by atoms with Crippen LogP contribution in [0.15, 0.2) is 73.1 Å². The maximum atomic E-state index is 13.4. The lowest BCUT2D eigenvalue weighted by Crippen LogP contribution is -2.50. The number of hydrogen-bond acceptors (Lipinski definition) is 3. The maximum absolute atomic E-state index is 13.4. The van der Waals surface area contributed by atoms with Gasteiger partial charge in [0.2, 0.25) is 5.91 Å². The molecule has 1 saturated carbocycles. The zero-order valence-electron chi connectivity index (χ0n) is 21.7. The van der Waals surface area contributed by atoms with Crippen molar-refractivity contribution < 1.29 is 9.59 Å². The van der Waals surface area contributed by atoms with Gasteiger partial charge in [-0.3, -0.25) is 9.59 Å². The number of carbonyl (C=O) groups is 2. The molecule has 2 aromatic carbocycles. The van der Waals surface area contributed by atoms with Crippen molar-refractivity contribution in [3.05, 3.63) is 89.7 Å². The van der Waals surface area contributed by atoms with Crippen molar-refractivity contribution in [2.75, 3.05) is 19.6 Å². The average Bonchev–Trinajstić information content (AvgIpc) is 3.49. The summed E-state index contributed by atoms with van der Waals surface area (Å²) in [6.07, 6.45) is 9.83. The van der Waals surface area contributed by atoms with E-state index in [1.165, 1.54) is 17.5 Å². The Morgan fingerprint density at radius 3 is 2.35 bits per heavy atom. The summed E-state index contributed by atoms with van der Waals surface area (Å²) >= 11 is 0. The van der Waals surface area contributed by atoms with Crippen molar-refractivity contribution in [3.8, 4) is 5.69 Å². The van der Waals surface area contributed by atoms with Gasteiger partial charge in [-0.2, -0.15) is 0 Å². The first kappa shape index (κ1) is 25.3. The topological polar surface area (TPSA) is 66.4 Å². The maximum Gasteiger partial charge on any atom is 0.251 e. The monoisotopic (exact) mass is 498 g/mol. The number of nitrogens with one attached hydrogen (secondary N) is 2. The molecule has 3 atom stereocenters. The molecule has 0 unspecified atom stereocenters. The Morgan fingerprint density at radius 2 is 1.65 bits per heavy atom. The third-order valence-corrected chi connectivity index (χ3v) is 7.68. The minimum Gasteiger partial charge on any atom is -0.341 e. The molecular formula is C31H38N4O2. The van der Waals surface area contributed by atoms with E-state index in [4.69, 9.17) is 0 Å². The molecule has 2 heterocycles. The number of rotatable bonds is 10. The Hall–Kier alpha value is -3.38. The Bertz CT molecular complexity index is 1160. The second kappa shape index (κ2) is 11.8. The van der Waals surface area contributed by atoms with E-state index in [0.717, 1.165) is 51.0 Å². The Kier molecular flexibility index (Phi) is 8.05. The number of hydrogen-bond donors (Lipinski definition) is 2. The van der Waals surface area contributed by atoms with E-state index in [2.05, 4.69) is 41.8 Å². The van der Waals surface area contributed by atoms with E-state index in [0.29, 0.717) is 23.9 Å². The first-order valence-corrected chi connectivity index (χ1v) is 13.7. The SMILES string of the molecule is Cc1ccc([C@@H]2C[C@H]2NCCC[C@H](NC(=O)c2ccc(-n3cccc3)cc2)C(=O)N2CCCCC2)cc1. The fourth-order valence-electron chi connectivity index (χ4n) is 5.32. The second-order valence-corrected chi connectivity index (χ2v) is 10.5. The Labute approximate surface area is 220 Å². The predicted octanol–water partition coefficient (Wildman–Crippen LogP) is 4.82. The van der Waals surface area contributed by atoms with Gasteiger partial charge in [0.05, 0.1) is 0 Å². The molecule has 2 amide bonds. The number of nitrogens with zero attached hydrogens (tertiary/aromatic N) is 2. The fourth-order valence-corrected chi connectivity index (χ4v) is 5.32. The Morgan fingerprint density at radius 1 is 0.946 bits per heavy atom. The summed E-state index contributed by atoms with van der Waals surface area (Å²) in [5, 5.41) is 6.72. The van der Waals surface area contributed by atoms with Gasteiger partial charge in [-0.15, -0.1) is 0 Å². The molecule has 1 saturated heterocycles. The van der Waals surface area contributed by atoms with Crippen molar-refractivity contribution in [1.82, 2.24) is 20.1 Å². The molecule has 6 nitrogen and oxygen atoms in total. The highest BCUT2D eigenvalue weighted by molar-refractivity contribution is 5.97. The van der Waals surface area contributed by atoms with Crippen molar-refractivity contribution in [2.24, 2.45) is 0 Å². The van der Waals surface area contributed by atoms with Crippen LogP contribution >= 0.6 is 0 Å². The summed E-state index contributed by atoms with van der Waals surface area (Å²) in [5.41, 5.74) is 4.26. The van der Waals surface area contributed by atoms with Crippen LogP contribution in [0.4, 0.5) is 0 Å². The molecule has 1 aromatic heterocycles. The van der Waals surface area contributed by atoms with Gasteiger partial charge in [0, 0.05) is 48.7 Å². The molecule has 1 aliphatic heterocycles. The van der Waals surface area contributed by atoms with Crippen LogP contribution in [0.1, 0.15) is 65.9 Å². The summed E-state index contributed by atoms with van der Waals surface area (Å²) in [7, 11) is 0. The lowest BCUT2D eigenvalue weighted by Gasteiger charge is -2.31. The minimum absolute atomic E-state index is 0.0564. The fraction of sp³-hybridized carbons (Fsp3) is 0.419. The zero-order valence-corrected chi connectivity index (χ0v) is 21.7. The normalized spacial score (nSPS) is 19.9. The molecule has 3 aromatic rings. The standard InChI is InChI=1S/C31H38N4O2/c1-23-9-11-24(12-10-23)27-22-29(27)32-17-7-8-28(31(37)35-20-3-2-4-21-35)33-30(36)25-13-15-26(16-14-25)34-18-5-6-19-34/h5-6,9-16,18-19,27-29,32H,2-4,7-8,17,20-22H2,1H3,(H,33,36)/t27-,28-,29+/m0/s1. The second-order valence-electron chi connectivity index (χ2n) is 10.5. The summed E-state index contributed by atoms with van der Waals surface area (Å²) < 4.78 is 2.00. The molecule has 2 aliphatic rings. The van der Waals surface area contributed by atoms with Gasteiger partial charge in [0.1, 0.15) is 6.04 Å². The van der Waals surface area contributed by atoms with Gasteiger partial charge in [0.15, 0.2) is 0 Å². The van der Waals surface area contributed by atoms with Crippen LogP contribution in [0.3, 0.4) is 0 Å². The number of benzene rings is 2. The summed E-state index contributed by atoms with van der Waals surface area (Å²) in [6, 6.07) is 20.3. The first-order chi connectivity index (χ1) is 18.1. The highest BCUT2D eigenvalue weighted by Gasteiger charge is 2.37. The Balaban J connectivity index is 1.16. The van der Waals surface area contributed by atoms with Gasteiger partial charge in [0.25, 0.3) is 5.91 Å². The van der Waals surface area contributed by atoms with Gasteiger partial charge >= 0.3 is 0 Å². The molecule has 37 heavy (non-hydrogen) atoms. The lowest BCUT2D eigenvalue weighted by atomic mass is 10.1. The van der Waals surface area contributed by atoms with E-state index in [-0.39, 0.29) is 11.8 Å². The first-order valence-electron chi connectivity index (χ1n) is 13.7. The van der Waals surface area contributed by atoms with Crippen molar-refractivity contribution in [2.45, 2.75) is 63.5 Å². The minimum atomic E-state index is -0.497. The van der Waals surface area contributed by atoms with Gasteiger partial charge in [-0.05, 0) is 94.0 Å². The lowest BCUT2D eigenvalue weighted by molar-refractivity contribution is -0.134. The molecule has 194 valence electrons. The van der Waals surface area contributed by atoms with Crippen molar-refractivity contribution in [3.63, 3.8) is 0 Å². The number of carbonyl (C=O) groups excluding carboxylic acids is 2. The van der Waals surface area contributed by atoms with Gasteiger partial charge in [-0.25, -0.2) is 0 Å². The van der Waals surface area contributed by atoms with E-state index in [1.807, 2.05) is 58.3 Å². The van der Waals surface area contributed by atoms with Crippen LogP contribution < -0.4 is 10.6 Å². The van der Waals surface area contributed by atoms with Gasteiger partial charge in [-0.1, -0.05) is 29.8 Å². The van der Waals surface area contributed by atoms with E-state index in [9.17, 15) is 9.59 Å². The zero-order chi connectivity index (χ0) is 25.6. The highest BCUT2D eigenvalue weighted by Crippen LogP contribution is 2.40. The molecule has 0 bridgehead atoms. The number of aryl methyl sites for hydroxylation is 1. The molecule has 6 heteroatoms. The third kappa shape index (κ3) is 6.50. The summed E-state index contributed by atoms with van der Waals surface area (Å²) in [6.45, 7) is 4.54. The van der Waals surface area contributed by atoms with Crippen LogP contribution in [-0.4, -0.2) is 53.0 Å². The smallest absolute Gasteiger partial charge is 0.251 e. The largest absolute Gasteiger partial charge is 0.341 e.